The second kappa shape index (κ2) is 5.14. The molecule has 0 aliphatic heterocycles. The fourth-order valence-electron chi connectivity index (χ4n) is 1.45. The van der Waals surface area contributed by atoms with Gasteiger partial charge in [0.25, 0.3) is 0 Å². The van der Waals surface area contributed by atoms with Gasteiger partial charge in [0.05, 0.1) is 11.5 Å². The zero-order chi connectivity index (χ0) is 14.0. The van der Waals surface area contributed by atoms with Crippen molar-refractivity contribution in [2.24, 2.45) is 0 Å². The van der Waals surface area contributed by atoms with Gasteiger partial charge in [-0.15, -0.1) is 11.3 Å². The van der Waals surface area contributed by atoms with Gasteiger partial charge in [0.15, 0.2) is 0 Å². The predicted octanol–water partition coefficient (Wildman–Crippen LogP) is 1.37. The standard InChI is InChI=1S/C10H12N6O2S/c1-6-5-19-8(13-6)4-15(2)10-12-3-7(16(17)18)9(11)14-10/h3,5H,4H2,1-2H3,(H2,11,12,14). The van der Waals surface area contributed by atoms with Gasteiger partial charge in [-0.25, -0.2) is 9.97 Å². The minimum absolute atomic E-state index is 0.142. The number of aryl methyl sites for hydroxylation is 1. The van der Waals surface area contributed by atoms with Crippen molar-refractivity contribution in [3.05, 3.63) is 32.4 Å². The largest absolute Gasteiger partial charge is 0.378 e. The highest BCUT2D eigenvalue weighted by Crippen LogP contribution is 2.21. The number of hydrogen-bond acceptors (Lipinski definition) is 8. The zero-order valence-corrected chi connectivity index (χ0v) is 11.2. The van der Waals surface area contributed by atoms with E-state index in [9.17, 15) is 10.1 Å². The Labute approximate surface area is 113 Å². The lowest BCUT2D eigenvalue weighted by Gasteiger charge is -2.15. The molecular weight excluding hydrogens is 268 g/mol. The summed E-state index contributed by atoms with van der Waals surface area (Å²) in [4.78, 5) is 23.9. The topological polar surface area (TPSA) is 111 Å². The van der Waals surface area contributed by atoms with Crippen LogP contribution in [0.2, 0.25) is 0 Å². The zero-order valence-electron chi connectivity index (χ0n) is 10.4. The Hall–Kier alpha value is -2.29. The molecular formula is C10H12N6O2S. The third-order valence-electron chi connectivity index (χ3n) is 2.36. The number of nitrogens with two attached hydrogens (primary N) is 1. The van der Waals surface area contributed by atoms with E-state index in [1.54, 1.807) is 11.9 Å². The van der Waals surface area contributed by atoms with Crippen LogP contribution in [-0.4, -0.2) is 26.9 Å². The maximum Gasteiger partial charge on any atom is 0.329 e. The van der Waals surface area contributed by atoms with Gasteiger partial charge in [-0.2, -0.15) is 4.98 Å². The van der Waals surface area contributed by atoms with Gasteiger partial charge in [-0.1, -0.05) is 0 Å². The van der Waals surface area contributed by atoms with Crippen molar-refractivity contribution in [2.45, 2.75) is 13.5 Å². The van der Waals surface area contributed by atoms with E-state index in [-0.39, 0.29) is 11.5 Å². The molecule has 2 N–H and O–H groups in total. The Morgan fingerprint density at radius 1 is 1.53 bits per heavy atom. The lowest BCUT2D eigenvalue weighted by Crippen LogP contribution is -2.19. The number of anilines is 2. The van der Waals surface area contributed by atoms with Crippen molar-refractivity contribution in [1.82, 2.24) is 15.0 Å². The molecule has 0 bridgehead atoms. The van der Waals surface area contributed by atoms with Crippen LogP contribution in [0.15, 0.2) is 11.6 Å². The van der Waals surface area contributed by atoms with Gasteiger partial charge in [-0.05, 0) is 6.92 Å². The maximum atomic E-state index is 10.6. The summed E-state index contributed by atoms with van der Waals surface area (Å²) in [6.45, 7) is 2.44. The van der Waals surface area contributed by atoms with Gasteiger partial charge >= 0.3 is 5.69 Å². The molecule has 0 fully saturated rings. The second-order valence-electron chi connectivity index (χ2n) is 3.94. The molecule has 0 radical (unpaired) electrons. The van der Waals surface area contributed by atoms with Crippen molar-refractivity contribution in [3.8, 4) is 0 Å². The van der Waals surface area contributed by atoms with Crippen LogP contribution in [0.5, 0.6) is 0 Å². The highest BCUT2D eigenvalue weighted by atomic mass is 32.1. The predicted molar refractivity (Wildman–Crippen MR) is 72.1 cm³/mol. The molecule has 0 amide bonds. The number of nitro groups is 1. The van der Waals surface area contributed by atoms with Crippen LogP contribution >= 0.6 is 11.3 Å². The van der Waals surface area contributed by atoms with E-state index in [1.165, 1.54) is 11.3 Å². The smallest absolute Gasteiger partial charge is 0.329 e. The first-order valence-electron chi connectivity index (χ1n) is 5.36. The third-order valence-corrected chi connectivity index (χ3v) is 3.31. The first kappa shape index (κ1) is 13.1. The molecule has 0 saturated heterocycles. The molecule has 2 aromatic heterocycles. The molecule has 0 unspecified atom stereocenters. The van der Waals surface area contributed by atoms with Gasteiger partial charge in [0.2, 0.25) is 11.8 Å². The summed E-state index contributed by atoms with van der Waals surface area (Å²) >= 11 is 1.54. The molecule has 2 rings (SSSR count). The van der Waals surface area contributed by atoms with Crippen LogP contribution in [-0.2, 0) is 6.54 Å². The maximum absolute atomic E-state index is 10.6. The summed E-state index contributed by atoms with van der Waals surface area (Å²) < 4.78 is 0. The van der Waals surface area contributed by atoms with E-state index < -0.39 is 4.92 Å². The van der Waals surface area contributed by atoms with Crippen LogP contribution in [0.3, 0.4) is 0 Å². The first-order valence-corrected chi connectivity index (χ1v) is 6.24. The lowest BCUT2D eigenvalue weighted by atomic mass is 10.5. The van der Waals surface area contributed by atoms with Crippen molar-refractivity contribution < 1.29 is 4.92 Å². The Morgan fingerprint density at radius 3 is 2.79 bits per heavy atom. The fourth-order valence-corrected chi connectivity index (χ4v) is 2.28. The third kappa shape index (κ3) is 2.94. The van der Waals surface area contributed by atoms with Crippen LogP contribution in [0.25, 0.3) is 0 Å². The molecule has 9 heteroatoms. The highest BCUT2D eigenvalue weighted by molar-refractivity contribution is 7.09. The molecule has 0 atom stereocenters. The van der Waals surface area contributed by atoms with E-state index in [0.717, 1.165) is 16.9 Å². The van der Waals surface area contributed by atoms with E-state index in [2.05, 4.69) is 15.0 Å². The lowest BCUT2D eigenvalue weighted by molar-refractivity contribution is -0.384. The van der Waals surface area contributed by atoms with Gasteiger partial charge in [-0.3, -0.25) is 10.1 Å². The highest BCUT2D eigenvalue weighted by Gasteiger charge is 2.16. The minimum Gasteiger partial charge on any atom is -0.378 e. The molecule has 0 aliphatic rings. The number of nitrogens with zero attached hydrogens (tertiary/aromatic N) is 5. The molecule has 0 aromatic carbocycles. The molecule has 2 aromatic rings. The average molecular weight is 280 g/mol. The number of thiazole rings is 1. The Kier molecular flexibility index (Phi) is 3.56. The summed E-state index contributed by atoms with van der Waals surface area (Å²) in [5, 5.41) is 13.5. The van der Waals surface area contributed by atoms with Gasteiger partial charge in [0.1, 0.15) is 11.2 Å². The number of nitrogen functional groups attached to an aromatic ring is 1. The Bertz CT molecular complexity index is 614. The molecule has 0 aliphatic carbocycles. The van der Waals surface area contributed by atoms with E-state index in [0.29, 0.717) is 12.5 Å². The number of aromatic nitrogens is 3. The molecule has 100 valence electrons. The Morgan fingerprint density at radius 2 is 2.26 bits per heavy atom. The molecule has 2 heterocycles. The van der Waals surface area contributed by atoms with E-state index in [1.807, 2.05) is 12.3 Å². The molecule has 0 spiro atoms. The van der Waals surface area contributed by atoms with Crippen molar-refractivity contribution >= 4 is 28.8 Å². The normalized spacial score (nSPS) is 10.4. The molecule has 19 heavy (non-hydrogen) atoms. The quantitative estimate of drug-likeness (QED) is 0.664. The molecule has 0 saturated carbocycles. The van der Waals surface area contributed by atoms with Crippen LogP contribution in [0.1, 0.15) is 10.7 Å². The van der Waals surface area contributed by atoms with Crippen LogP contribution < -0.4 is 10.6 Å². The summed E-state index contributed by atoms with van der Waals surface area (Å²) in [6.07, 6.45) is 1.11. The second-order valence-corrected chi connectivity index (χ2v) is 4.88. The van der Waals surface area contributed by atoms with Gasteiger partial charge < -0.3 is 10.6 Å². The number of rotatable bonds is 4. The van der Waals surface area contributed by atoms with E-state index >= 15 is 0 Å². The van der Waals surface area contributed by atoms with E-state index in [4.69, 9.17) is 5.73 Å². The SMILES string of the molecule is Cc1csc(CN(C)c2ncc([N+](=O)[O-])c(N)n2)n1. The van der Waals surface area contributed by atoms with Crippen molar-refractivity contribution in [1.29, 1.82) is 0 Å². The average Bonchev–Trinajstić information content (AvgIpc) is 2.74. The first-order chi connectivity index (χ1) is 8.97. The minimum atomic E-state index is -0.608. The summed E-state index contributed by atoms with van der Waals surface area (Å²) in [5.74, 6) is 0.188. The molecule has 8 nitrogen and oxygen atoms in total. The summed E-state index contributed by atoms with van der Waals surface area (Å²) in [6, 6.07) is 0. The summed E-state index contributed by atoms with van der Waals surface area (Å²) in [5.41, 5.74) is 6.19. The van der Waals surface area contributed by atoms with Crippen LogP contribution in [0, 0.1) is 17.0 Å². The Balaban J connectivity index is 2.17. The number of hydrogen-bond donors (Lipinski definition) is 1. The monoisotopic (exact) mass is 280 g/mol. The van der Waals surface area contributed by atoms with Gasteiger partial charge in [0, 0.05) is 18.1 Å². The van der Waals surface area contributed by atoms with Crippen molar-refractivity contribution in [3.63, 3.8) is 0 Å². The summed E-state index contributed by atoms with van der Waals surface area (Å²) in [7, 11) is 1.78. The fraction of sp³-hybridized carbons (Fsp3) is 0.300. The van der Waals surface area contributed by atoms with Crippen LogP contribution in [0.4, 0.5) is 17.5 Å². The van der Waals surface area contributed by atoms with Crippen molar-refractivity contribution in [2.75, 3.05) is 17.7 Å².